The van der Waals surface area contributed by atoms with Gasteiger partial charge in [0.2, 0.25) is 15.9 Å². The highest BCUT2D eigenvalue weighted by atomic mass is 35.5. The largest absolute Gasteiger partial charge is 0.339 e. The van der Waals surface area contributed by atoms with E-state index in [9.17, 15) is 13.2 Å². The molecule has 4 rings (SSSR count). The molecule has 0 N–H and O–H groups in total. The molecule has 5 nitrogen and oxygen atoms in total. The highest BCUT2D eigenvalue weighted by Crippen LogP contribution is 2.64. The maximum atomic E-state index is 13.0. The average molecular weight is 427 g/mol. The van der Waals surface area contributed by atoms with Crippen molar-refractivity contribution in [3.63, 3.8) is 0 Å². The number of carbonyl (C=O) groups is 1. The van der Waals surface area contributed by atoms with Gasteiger partial charge in [0.15, 0.2) is 0 Å². The van der Waals surface area contributed by atoms with Crippen LogP contribution in [0.5, 0.6) is 0 Å². The molecule has 2 aromatic rings. The molecule has 0 radical (unpaired) electrons. The predicted octanol–water partition coefficient (Wildman–Crippen LogP) is 3.26. The Balaban J connectivity index is 1.49. The normalized spacial score (nSPS) is 25.5. The first-order chi connectivity index (χ1) is 12.6. The summed E-state index contributed by atoms with van der Waals surface area (Å²) in [6, 6.07) is 12.8. The molecule has 2 fully saturated rings. The third kappa shape index (κ3) is 3.12. The molecule has 0 aromatic heterocycles. The second kappa shape index (κ2) is 6.34. The fraction of sp³-hybridized carbons (Fsp3) is 0.421. The summed E-state index contributed by atoms with van der Waals surface area (Å²) >= 11 is 12.2. The molecule has 1 aliphatic carbocycles. The molecule has 1 saturated carbocycles. The zero-order valence-corrected chi connectivity index (χ0v) is 17.2. The van der Waals surface area contributed by atoms with Crippen molar-refractivity contribution in [3.8, 4) is 0 Å². The molecule has 1 atom stereocenters. The van der Waals surface area contributed by atoms with Crippen LogP contribution >= 0.6 is 23.2 Å². The first-order valence-electron chi connectivity index (χ1n) is 8.81. The summed E-state index contributed by atoms with van der Waals surface area (Å²) in [5.41, 5.74) is -0.768. The Bertz CT molecular complexity index is 1020. The number of carbonyl (C=O) groups excluding carboxylic acids is 1. The van der Waals surface area contributed by atoms with Crippen molar-refractivity contribution in [2.24, 2.45) is 5.41 Å². The number of sulfonamides is 1. The summed E-state index contributed by atoms with van der Waals surface area (Å²) in [6.45, 7) is 2.95. The maximum Gasteiger partial charge on any atom is 0.243 e. The van der Waals surface area contributed by atoms with E-state index in [1.807, 2.05) is 30.3 Å². The van der Waals surface area contributed by atoms with Gasteiger partial charge in [-0.2, -0.15) is 4.31 Å². The number of fused-ring (bicyclic) bond motifs is 1. The van der Waals surface area contributed by atoms with Gasteiger partial charge in [0.25, 0.3) is 0 Å². The minimum absolute atomic E-state index is 0.102. The van der Waals surface area contributed by atoms with Crippen molar-refractivity contribution in [2.75, 3.05) is 26.2 Å². The molecule has 8 heteroatoms. The van der Waals surface area contributed by atoms with Crippen molar-refractivity contribution < 1.29 is 13.2 Å². The van der Waals surface area contributed by atoms with Gasteiger partial charge in [-0.05, 0) is 36.2 Å². The van der Waals surface area contributed by atoms with E-state index in [2.05, 4.69) is 0 Å². The smallest absolute Gasteiger partial charge is 0.243 e. The van der Waals surface area contributed by atoms with E-state index in [0.29, 0.717) is 19.5 Å². The van der Waals surface area contributed by atoms with Gasteiger partial charge < -0.3 is 4.90 Å². The summed E-state index contributed by atoms with van der Waals surface area (Å²) in [6.07, 6.45) is 0.428. The van der Waals surface area contributed by atoms with Crippen LogP contribution in [0.2, 0.25) is 0 Å². The van der Waals surface area contributed by atoms with E-state index in [0.717, 1.165) is 10.8 Å². The molecule has 27 heavy (non-hydrogen) atoms. The molecule has 1 amide bonds. The lowest BCUT2D eigenvalue weighted by Gasteiger charge is -2.35. The first kappa shape index (κ1) is 19.0. The van der Waals surface area contributed by atoms with Gasteiger partial charge in [-0.25, -0.2) is 8.42 Å². The number of rotatable bonds is 3. The molecule has 1 aliphatic heterocycles. The lowest BCUT2D eigenvalue weighted by Crippen LogP contribution is -2.52. The fourth-order valence-electron chi connectivity index (χ4n) is 3.59. The SMILES string of the molecule is C[C@]1(C(=O)N2CCN(S(=O)(=O)c3ccc4ccccc4c3)CC2)CC1(Cl)Cl. The van der Waals surface area contributed by atoms with Crippen LogP contribution < -0.4 is 0 Å². The van der Waals surface area contributed by atoms with Gasteiger partial charge in [-0.3, -0.25) is 4.79 Å². The number of amides is 1. The van der Waals surface area contributed by atoms with Gasteiger partial charge in [0.05, 0.1) is 10.3 Å². The van der Waals surface area contributed by atoms with E-state index in [4.69, 9.17) is 23.2 Å². The minimum atomic E-state index is -3.60. The Morgan fingerprint density at radius 2 is 1.59 bits per heavy atom. The van der Waals surface area contributed by atoms with E-state index >= 15 is 0 Å². The van der Waals surface area contributed by atoms with E-state index in [1.54, 1.807) is 24.0 Å². The van der Waals surface area contributed by atoms with Crippen LogP contribution in [-0.2, 0) is 14.8 Å². The molecular formula is C19H20Cl2N2O3S. The number of halogens is 2. The van der Waals surface area contributed by atoms with E-state index < -0.39 is 19.8 Å². The van der Waals surface area contributed by atoms with Crippen molar-refractivity contribution >= 4 is 49.9 Å². The molecule has 2 aromatic carbocycles. The number of alkyl halides is 2. The Hall–Kier alpha value is -1.34. The number of hydrogen-bond donors (Lipinski definition) is 0. The number of nitrogens with zero attached hydrogens (tertiary/aromatic N) is 2. The Morgan fingerprint density at radius 1 is 1.00 bits per heavy atom. The lowest BCUT2D eigenvalue weighted by atomic mass is 10.1. The quantitative estimate of drug-likeness (QED) is 0.707. The van der Waals surface area contributed by atoms with Crippen molar-refractivity contribution in [2.45, 2.75) is 22.6 Å². The summed E-state index contributed by atoms with van der Waals surface area (Å²) in [7, 11) is -3.60. The monoisotopic (exact) mass is 426 g/mol. The van der Waals surface area contributed by atoms with Crippen molar-refractivity contribution in [1.82, 2.24) is 9.21 Å². The van der Waals surface area contributed by atoms with E-state index in [1.165, 1.54) is 4.31 Å². The van der Waals surface area contributed by atoms with Crippen LogP contribution in [0.3, 0.4) is 0 Å². The number of piperazine rings is 1. The van der Waals surface area contributed by atoms with Crippen LogP contribution in [0, 0.1) is 5.41 Å². The highest BCUT2D eigenvalue weighted by molar-refractivity contribution is 7.89. The molecule has 2 aliphatic rings. The zero-order valence-electron chi connectivity index (χ0n) is 14.9. The summed E-state index contributed by atoms with van der Waals surface area (Å²) in [4.78, 5) is 14.6. The molecular weight excluding hydrogens is 407 g/mol. The van der Waals surface area contributed by atoms with Crippen LogP contribution in [0.4, 0.5) is 0 Å². The van der Waals surface area contributed by atoms with Crippen LogP contribution in [0.1, 0.15) is 13.3 Å². The fourth-order valence-corrected chi connectivity index (χ4v) is 5.74. The molecule has 0 unspecified atom stereocenters. The van der Waals surface area contributed by atoms with Gasteiger partial charge in [-0.15, -0.1) is 23.2 Å². The van der Waals surface area contributed by atoms with Crippen molar-refractivity contribution in [3.05, 3.63) is 42.5 Å². The maximum absolute atomic E-state index is 13.0. The number of hydrogen-bond acceptors (Lipinski definition) is 3. The number of benzene rings is 2. The van der Waals surface area contributed by atoms with Crippen LogP contribution in [-0.4, -0.2) is 54.0 Å². The Kier molecular flexibility index (Phi) is 4.46. The van der Waals surface area contributed by atoms with Crippen molar-refractivity contribution in [1.29, 1.82) is 0 Å². The van der Waals surface area contributed by atoms with Gasteiger partial charge in [0, 0.05) is 26.2 Å². The van der Waals surface area contributed by atoms with E-state index in [-0.39, 0.29) is 23.9 Å². The third-order valence-corrected chi connectivity index (χ3v) is 8.61. The zero-order chi connectivity index (χ0) is 19.4. The summed E-state index contributed by atoms with van der Waals surface area (Å²) in [5, 5.41) is 1.88. The summed E-state index contributed by atoms with van der Waals surface area (Å²) < 4.78 is 26.4. The molecule has 144 valence electrons. The predicted molar refractivity (Wildman–Crippen MR) is 106 cm³/mol. The first-order valence-corrected chi connectivity index (χ1v) is 11.0. The lowest BCUT2D eigenvalue weighted by molar-refractivity contribution is -0.137. The van der Waals surface area contributed by atoms with Gasteiger partial charge >= 0.3 is 0 Å². The molecule has 0 bridgehead atoms. The molecule has 1 saturated heterocycles. The second-order valence-corrected chi connectivity index (χ2v) is 10.8. The van der Waals surface area contributed by atoms with Crippen LogP contribution in [0.15, 0.2) is 47.4 Å². The molecule has 0 spiro atoms. The highest BCUT2D eigenvalue weighted by Gasteiger charge is 2.68. The molecule has 1 heterocycles. The topological polar surface area (TPSA) is 57.7 Å². The van der Waals surface area contributed by atoms with Gasteiger partial charge in [0.1, 0.15) is 4.33 Å². The Labute approximate surface area is 168 Å². The third-order valence-electron chi connectivity index (χ3n) is 5.61. The Morgan fingerprint density at radius 3 is 2.19 bits per heavy atom. The van der Waals surface area contributed by atoms with Gasteiger partial charge in [-0.1, -0.05) is 30.3 Å². The summed E-state index contributed by atoms with van der Waals surface area (Å²) in [5.74, 6) is -0.102. The standard InChI is InChI=1S/C19H20Cl2N2O3S/c1-18(13-19(18,20)21)17(24)22-8-10-23(11-9-22)27(25,26)16-7-6-14-4-2-3-5-15(14)12-16/h2-7,12H,8-11,13H2,1H3/t18-/m1/s1. The van der Waals surface area contributed by atoms with Crippen LogP contribution in [0.25, 0.3) is 10.8 Å². The second-order valence-electron chi connectivity index (χ2n) is 7.42. The average Bonchev–Trinajstić information content (AvgIpc) is 3.19. The minimum Gasteiger partial charge on any atom is -0.339 e.